The van der Waals surface area contributed by atoms with Crippen LogP contribution in [-0.4, -0.2) is 11.2 Å². The first-order valence-corrected chi connectivity index (χ1v) is 5.33. The zero-order chi connectivity index (χ0) is 8.55. The molecule has 0 bridgehead atoms. The summed E-state index contributed by atoms with van der Waals surface area (Å²) in [7, 11) is 0. The first-order valence-electron chi connectivity index (χ1n) is 4.10. The topological polar surface area (TPSA) is 32.9 Å². The average molecular weight is 181 g/mol. The van der Waals surface area contributed by atoms with Gasteiger partial charge >= 0.3 is 0 Å². The molecule has 0 atom stereocenters. The van der Waals surface area contributed by atoms with Gasteiger partial charge in [0.2, 0.25) is 5.56 Å². The molecule has 3 heteroatoms. The highest BCUT2D eigenvalue weighted by atomic mass is 32.2. The van der Waals surface area contributed by atoms with E-state index in [1.807, 2.05) is 6.26 Å². The lowest BCUT2D eigenvalue weighted by molar-refractivity contribution is 0.898. The summed E-state index contributed by atoms with van der Waals surface area (Å²) in [6.45, 7) is 0. The summed E-state index contributed by atoms with van der Waals surface area (Å²) >= 11 is 1.63. The van der Waals surface area contributed by atoms with Crippen LogP contribution in [0, 0.1) is 0 Å². The van der Waals surface area contributed by atoms with Crippen LogP contribution >= 0.6 is 11.8 Å². The first-order chi connectivity index (χ1) is 5.81. The molecular weight excluding hydrogens is 170 g/mol. The molecule has 12 heavy (non-hydrogen) atoms. The predicted octanol–water partition coefficient (Wildman–Crippen LogP) is 1.59. The summed E-state index contributed by atoms with van der Waals surface area (Å²) < 4.78 is 0. The molecule has 2 nitrogen and oxygen atoms in total. The Labute approximate surface area is 75.4 Å². The third-order valence-corrected chi connectivity index (χ3v) is 3.04. The summed E-state index contributed by atoms with van der Waals surface area (Å²) in [4.78, 5) is 14.0. The van der Waals surface area contributed by atoms with Gasteiger partial charge in [-0.15, -0.1) is 11.8 Å². The Bertz CT molecular complexity index is 356. The van der Waals surface area contributed by atoms with Crippen LogP contribution in [0.4, 0.5) is 0 Å². The number of H-pyrrole nitrogens is 1. The number of thioether (sulfide) groups is 1. The zero-order valence-corrected chi connectivity index (χ0v) is 7.83. The van der Waals surface area contributed by atoms with E-state index in [0.717, 1.165) is 17.9 Å². The van der Waals surface area contributed by atoms with Crippen LogP contribution in [0.1, 0.15) is 17.5 Å². The lowest BCUT2D eigenvalue weighted by Gasteiger charge is -2.03. The van der Waals surface area contributed by atoms with Crippen molar-refractivity contribution in [1.29, 1.82) is 0 Å². The maximum absolute atomic E-state index is 11.1. The van der Waals surface area contributed by atoms with Crippen molar-refractivity contribution in [3.05, 3.63) is 27.5 Å². The first kappa shape index (κ1) is 7.92. The standard InChI is InChI=1S/C9H11NOS/c1-12-9-7-4-2-3-6(7)5-8(11)10-9/h5H,2-4H2,1H3,(H,10,11). The Morgan fingerprint density at radius 2 is 2.33 bits per heavy atom. The summed E-state index contributed by atoms with van der Waals surface area (Å²) in [6, 6.07) is 1.74. The third-order valence-electron chi connectivity index (χ3n) is 2.28. The van der Waals surface area contributed by atoms with Gasteiger partial charge in [0.15, 0.2) is 0 Å². The van der Waals surface area contributed by atoms with Crippen molar-refractivity contribution in [2.75, 3.05) is 6.26 Å². The fourth-order valence-corrected chi connectivity index (χ4v) is 2.42. The van der Waals surface area contributed by atoms with E-state index in [9.17, 15) is 4.79 Å². The monoisotopic (exact) mass is 181 g/mol. The van der Waals surface area contributed by atoms with Crippen molar-refractivity contribution in [3.8, 4) is 0 Å². The molecule has 0 aromatic carbocycles. The van der Waals surface area contributed by atoms with Crippen LogP contribution < -0.4 is 5.56 Å². The fourth-order valence-electron chi connectivity index (χ4n) is 1.74. The molecule has 1 aliphatic rings. The molecule has 0 aliphatic heterocycles. The van der Waals surface area contributed by atoms with Gasteiger partial charge in [0.05, 0.1) is 5.03 Å². The number of aromatic nitrogens is 1. The lowest BCUT2D eigenvalue weighted by Crippen LogP contribution is -2.08. The number of aryl methyl sites for hydroxylation is 1. The lowest BCUT2D eigenvalue weighted by atomic mass is 10.2. The number of fused-ring (bicyclic) bond motifs is 1. The van der Waals surface area contributed by atoms with Crippen LogP contribution in [-0.2, 0) is 12.8 Å². The summed E-state index contributed by atoms with van der Waals surface area (Å²) in [5.74, 6) is 0. The molecule has 0 fully saturated rings. The van der Waals surface area contributed by atoms with Gasteiger partial charge in [0, 0.05) is 6.07 Å². The van der Waals surface area contributed by atoms with Crippen LogP contribution in [0.5, 0.6) is 0 Å². The van der Waals surface area contributed by atoms with Gasteiger partial charge in [-0.25, -0.2) is 0 Å². The zero-order valence-electron chi connectivity index (χ0n) is 7.02. The van der Waals surface area contributed by atoms with E-state index in [4.69, 9.17) is 0 Å². The normalized spacial score (nSPS) is 14.8. The van der Waals surface area contributed by atoms with Gasteiger partial charge in [-0.2, -0.15) is 0 Å². The molecule has 1 N–H and O–H groups in total. The molecular formula is C9H11NOS. The van der Waals surface area contributed by atoms with Crippen LogP contribution in [0.2, 0.25) is 0 Å². The smallest absolute Gasteiger partial charge is 0.249 e. The molecule has 0 saturated heterocycles. The minimum atomic E-state index is 0.0417. The van der Waals surface area contributed by atoms with Crippen LogP contribution in [0.25, 0.3) is 0 Å². The molecule has 0 unspecified atom stereocenters. The largest absolute Gasteiger partial charge is 0.317 e. The Morgan fingerprint density at radius 1 is 1.50 bits per heavy atom. The van der Waals surface area contributed by atoms with Gasteiger partial charge in [-0.05, 0) is 36.6 Å². The van der Waals surface area contributed by atoms with Crippen molar-refractivity contribution in [3.63, 3.8) is 0 Å². The number of aromatic amines is 1. The van der Waals surface area contributed by atoms with E-state index in [1.165, 1.54) is 17.5 Å². The van der Waals surface area contributed by atoms with Crippen molar-refractivity contribution in [1.82, 2.24) is 4.98 Å². The summed E-state index contributed by atoms with van der Waals surface area (Å²) in [5, 5.41) is 1.06. The van der Waals surface area contributed by atoms with Gasteiger partial charge in [0.25, 0.3) is 0 Å². The van der Waals surface area contributed by atoms with Gasteiger partial charge in [-0.3, -0.25) is 4.79 Å². The molecule has 2 rings (SSSR count). The maximum Gasteiger partial charge on any atom is 0.249 e. The molecule has 1 aromatic rings. The maximum atomic E-state index is 11.1. The second-order valence-corrected chi connectivity index (χ2v) is 3.84. The Hall–Kier alpha value is -0.700. The molecule has 1 aromatic heterocycles. The molecule has 0 saturated carbocycles. The van der Waals surface area contributed by atoms with Crippen LogP contribution in [0.3, 0.4) is 0 Å². The number of hydrogen-bond acceptors (Lipinski definition) is 2. The fraction of sp³-hybridized carbons (Fsp3) is 0.444. The quantitative estimate of drug-likeness (QED) is 0.667. The van der Waals surface area contributed by atoms with Crippen molar-refractivity contribution < 1.29 is 0 Å². The molecule has 64 valence electrons. The van der Waals surface area contributed by atoms with Crippen molar-refractivity contribution in [2.45, 2.75) is 24.3 Å². The van der Waals surface area contributed by atoms with E-state index in [-0.39, 0.29) is 5.56 Å². The number of rotatable bonds is 1. The van der Waals surface area contributed by atoms with Gasteiger partial charge in [0.1, 0.15) is 0 Å². The number of nitrogens with one attached hydrogen (secondary N) is 1. The predicted molar refractivity (Wildman–Crippen MR) is 50.9 cm³/mol. The van der Waals surface area contributed by atoms with E-state index in [1.54, 1.807) is 17.8 Å². The summed E-state index contributed by atoms with van der Waals surface area (Å²) in [6.07, 6.45) is 5.40. The Balaban J connectivity index is 2.62. The number of hydrogen-bond donors (Lipinski definition) is 1. The average Bonchev–Trinajstić information content (AvgIpc) is 2.50. The van der Waals surface area contributed by atoms with E-state index in [0.29, 0.717) is 0 Å². The highest BCUT2D eigenvalue weighted by molar-refractivity contribution is 7.98. The second-order valence-electron chi connectivity index (χ2n) is 3.02. The van der Waals surface area contributed by atoms with Crippen molar-refractivity contribution >= 4 is 11.8 Å². The van der Waals surface area contributed by atoms with Crippen molar-refractivity contribution in [2.24, 2.45) is 0 Å². The SMILES string of the molecule is CSc1[nH]c(=O)cc2c1CCC2. The molecule has 0 spiro atoms. The van der Waals surface area contributed by atoms with Gasteiger partial charge in [-0.1, -0.05) is 0 Å². The highest BCUT2D eigenvalue weighted by Gasteiger charge is 2.15. The minimum Gasteiger partial charge on any atom is -0.317 e. The Morgan fingerprint density at radius 3 is 3.08 bits per heavy atom. The van der Waals surface area contributed by atoms with E-state index in [2.05, 4.69) is 4.98 Å². The number of pyridine rings is 1. The molecule has 0 amide bonds. The molecule has 1 aliphatic carbocycles. The van der Waals surface area contributed by atoms with E-state index < -0.39 is 0 Å². The summed E-state index contributed by atoms with van der Waals surface area (Å²) in [5.41, 5.74) is 2.66. The minimum absolute atomic E-state index is 0.0417. The molecule has 0 radical (unpaired) electrons. The Kier molecular flexibility index (Phi) is 1.97. The molecule has 1 heterocycles. The third kappa shape index (κ3) is 1.18. The van der Waals surface area contributed by atoms with Gasteiger partial charge < -0.3 is 4.98 Å². The van der Waals surface area contributed by atoms with Crippen LogP contribution in [0.15, 0.2) is 15.9 Å². The second kappa shape index (κ2) is 2.98. The van der Waals surface area contributed by atoms with E-state index >= 15 is 0 Å². The highest BCUT2D eigenvalue weighted by Crippen LogP contribution is 2.27.